The number of hydrogen-bond donors (Lipinski definition) is 0. The summed E-state index contributed by atoms with van der Waals surface area (Å²) in [7, 11) is 0. The van der Waals surface area contributed by atoms with Crippen molar-refractivity contribution in [3.8, 4) is 0 Å². The number of nitrogens with zero attached hydrogens (tertiary/aromatic N) is 6. The first-order valence-electron chi connectivity index (χ1n) is 9.34. The highest BCUT2D eigenvalue weighted by atomic mass is 16.5. The van der Waals surface area contributed by atoms with E-state index in [-0.39, 0.29) is 5.91 Å². The van der Waals surface area contributed by atoms with Crippen molar-refractivity contribution in [1.29, 1.82) is 0 Å². The van der Waals surface area contributed by atoms with E-state index in [4.69, 9.17) is 4.74 Å². The highest BCUT2D eigenvalue weighted by Gasteiger charge is 2.24. The van der Waals surface area contributed by atoms with Crippen molar-refractivity contribution in [3.63, 3.8) is 0 Å². The predicted molar refractivity (Wildman–Crippen MR) is 102 cm³/mol. The summed E-state index contributed by atoms with van der Waals surface area (Å²) >= 11 is 0. The lowest BCUT2D eigenvalue weighted by molar-refractivity contribution is 0.0299. The molecule has 2 aromatic heterocycles. The normalized spacial score (nSPS) is 17.9. The van der Waals surface area contributed by atoms with E-state index in [1.165, 1.54) is 0 Å². The van der Waals surface area contributed by atoms with E-state index in [0.717, 1.165) is 37.7 Å². The van der Waals surface area contributed by atoms with Crippen molar-refractivity contribution in [2.75, 3.05) is 62.3 Å². The number of carbonyl (C=O) groups excluding carboxylic acids is 1. The standard InChI is InChI=1S/C19H24N6O2/c1-15-14-16(18(26)24-10-12-27-13-11-24)22-19(21-15)25-8-6-23(7-9-25)17-4-2-3-5-20-17/h2-5,14H,6-13H2,1H3. The molecule has 0 N–H and O–H groups in total. The van der Waals surface area contributed by atoms with Crippen LogP contribution in [-0.4, -0.2) is 78.2 Å². The molecule has 0 bridgehead atoms. The maximum absolute atomic E-state index is 12.8. The summed E-state index contributed by atoms with van der Waals surface area (Å²) in [5.74, 6) is 1.58. The maximum atomic E-state index is 12.8. The van der Waals surface area contributed by atoms with Crippen molar-refractivity contribution in [3.05, 3.63) is 41.9 Å². The number of rotatable bonds is 3. The molecule has 1 amide bonds. The smallest absolute Gasteiger partial charge is 0.272 e. The van der Waals surface area contributed by atoms with Gasteiger partial charge in [-0.25, -0.2) is 15.0 Å². The topological polar surface area (TPSA) is 74.7 Å². The minimum Gasteiger partial charge on any atom is -0.378 e. The van der Waals surface area contributed by atoms with Gasteiger partial charge in [-0.3, -0.25) is 4.79 Å². The third-order valence-electron chi connectivity index (χ3n) is 4.90. The van der Waals surface area contributed by atoms with Crippen LogP contribution in [0.4, 0.5) is 11.8 Å². The zero-order chi connectivity index (χ0) is 18.6. The van der Waals surface area contributed by atoms with Crippen LogP contribution in [0.5, 0.6) is 0 Å². The van der Waals surface area contributed by atoms with Gasteiger partial charge in [-0.2, -0.15) is 0 Å². The lowest BCUT2D eigenvalue weighted by atomic mass is 10.2. The number of morpholine rings is 1. The summed E-state index contributed by atoms with van der Waals surface area (Å²) in [6.07, 6.45) is 1.81. The summed E-state index contributed by atoms with van der Waals surface area (Å²) in [6.45, 7) is 7.58. The number of aryl methyl sites for hydroxylation is 1. The summed E-state index contributed by atoms with van der Waals surface area (Å²) < 4.78 is 5.33. The van der Waals surface area contributed by atoms with E-state index in [2.05, 4.69) is 24.8 Å². The molecule has 2 aliphatic rings. The maximum Gasteiger partial charge on any atom is 0.272 e. The van der Waals surface area contributed by atoms with Crippen LogP contribution in [0.1, 0.15) is 16.2 Å². The Labute approximate surface area is 158 Å². The Balaban J connectivity index is 1.46. The van der Waals surface area contributed by atoms with Crippen molar-refractivity contribution in [1.82, 2.24) is 19.9 Å². The molecule has 0 radical (unpaired) electrons. The molecular weight excluding hydrogens is 344 g/mol. The Morgan fingerprint density at radius 1 is 1.00 bits per heavy atom. The van der Waals surface area contributed by atoms with Gasteiger partial charge in [0, 0.05) is 51.2 Å². The van der Waals surface area contributed by atoms with Gasteiger partial charge < -0.3 is 19.4 Å². The Morgan fingerprint density at radius 2 is 1.74 bits per heavy atom. The van der Waals surface area contributed by atoms with Crippen molar-refractivity contribution in [2.45, 2.75) is 6.92 Å². The van der Waals surface area contributed by atoms with Gasteiger partial charge in [0.1, 0.15) is 11.5 Å². The lowest BCUT2D eigenvalue weighted by Gasteiger charge is -2.35. The quantitative estimate of drug-likeness (QED) is 0.799. The zero-order valence-corrected chi connectivity index (χ0v) is 15.5. The third-order valence-corrected chi connectivity index (χ3v) is 4.90. The van der Waals surface area contributed by atoms with Crippen molar-refractivity contribution >= 4 is 17.7 Å². The van der Waals surface area contributed by atoms with Crippen LogP contribution in [0.15, 0.2) is 30.5 Å². The van der Waals surface area contributed by atoms with Crippen LogP contribution >= 0.6 is 0 Å². The Morgan fingerprint density at radius 3 is 2.44 bits per heavy atom. The molecule has 2 aromatic rings. The number of carbonyl (C=O) groups is 1. The van der Waals surface area contributed by atoms with Crippen LogP contribution in [0.25, 0.3) is 0 Å². The molecule has 8 nitrogen and oxygen atoms in total. The van der Waals surface area contributed by atoms with Gasteiger partial charge in [-0.05, 0) is 25.1 Å². The minimum absolute atomic E-state index is 0.0443. The zero-order valence-electron chi connectivity index (χ0n) is 15.5. The lowest BCUT2D eigenvalue weighted by Crippen LogP contribution is -2.47. The fourth-order valence-corrected chi connectivity index (χ4v) is 3.41. The fourth-order valence-electron chi connectivity index (χ4n) is 3.41. The third kappa shape index (κ3) is 4.00. The molecule has 4 heterocycles. The molecular formula is C19H24N6O2. The van der Waals surface area contributed by atoms with Crippen molar-refractivity contribution < 1.29 is 9.53 Å². The number of piperazine rings is 1. The number of aromatic nitrogens is 3. The molecule has 142 valence electrons. The highest BCUT2D eigenvalue weighted by Crippen LogP contribution is 2.17. The molecule has 27 heavy (non-hydrogen) atoms. The average Bonchev–Trinajstić information content (AvgIpc) is 2.74. The number of amides is 1. The summed E-state index contributed by atoms with van der Waals surface area (Å²) in [6, 6.07) is 7.72. The second-order valence-corrected chi connectivity index (χ2v) is 6.76. The van der Waals surface area contributed by atoms with E-state index in [0.29, 0.717) is 37.9 Å². The minimum atomic E-state index is -0.0443. The van der Waals surface area contributed by atoms with Gasteiger partial charge in [0.2, 0.25) is 5.95 Å². The van der Waals surface area contributed by atoms with Gasteiger partial charge in [-0.15, -0.1) is 0 Å². The second-order valence-electron chi connectivity index (χ2n) is 6.76. The number of hydrogen-bond acceptors (Lipinski definition) is 7. The van der Waals surface area contributed by atoms with E-state index in [1.807, 2.05) is 31.3 Å². The molecule has 0 aromatic carbocycles. The van der Waals surface area contributed by atoms with Gasteiger partial charge >= 0.3 is 0 Å². The molecule has 0 spiro atoms. The van der Waals surface area contributed by atoms with E-state index in [1.54, 1.807) is 11.0 Å². The monoisotopic (exact) mass is 368 g/mol. The molecule has 2 fully saturated rings. The molecule has 0 aliphatic carbocycles. The molecule has 0 atom stereocenters. The SMILES string of the molecule is Cc1cc(C(=O)N2CCOCC2)nc(N2CCN(c3ccccn3)CC2)n1. The largest absolute Gasteiger partial charge is 0.378 e. The molecule has 8 heteroatoms. The summed E-state index contributed by atoms with van der Waals surface area (Å²) in [5, 5.41) is 0. The number of ether oxygens (including phenoxy) is 1. The van der Waals surface area contributed by atoms with E-state index >= 15 is 0 Å². The molecule has 2 saturated heterocycles. The number of pyridine rings is 1. The first-order valence-corrected chi connectivity index (χ1v) is 9.34. The van der Waals surface area contributed by atoms with Gasteiger partial charge in [0.05, 0.1) is 13.2 Å². The van der Waals surface area contributed by atoms with Gasteiger partial charge in [-0.1, -0.05) is 6.07 Å². The fraction of sp³-hybridized carbons (Fsp3) is 0.474. The van der Waals surface area contributed by atoms with Crippen LogP contribution in [0.2, 0.25) is 0 Å². The Bertz CT molecular complexity index is 786. The molecule has 0 saturated carbocycles. The second kappa shape index (κ2) is 7.87. The average molecular weight is 368 g/mol. The first kappa shape index (κ1) is 17.7. The summed E-state index contributed by atoms with van der Waals surface area (Å²) in [4.78, 5) is 32.5. The van der Waals surface area contributed by atoms with Crippen LogP contribution in [-0.2, 0) is 4.74 Å². The van der Waals surface area contributed by atoms with Gasteiger partial charge in [0.25, 0.3) is 5.91 Å². The first-order chi connectivity index (χ1) is 13.2. The molecule has 2 aliphatic heterocycles. The van der Waals surface area contributed by atoms with Crippen LogP contribution < -0.4 is 9.80 Å². The number of anilines is 2. The van der Waals surface area contributed by atoms with E-state index in [9.17, 15) is 4.79 Å². The Hall–Kier alpha value is -2.74. The highest BCUT2D eigenvalue weighted by molar-refractivity contribution is 5.92. The van der Waals surface area contributed by atoms with Gasteiger partial charge in [0.15, 0.2) is 0 Å². The molecule has 4 rings (SSSR count). The summed E-state index contributed by atoms with van der Waals surface area (Å²) in [5.41, 5.74) is 1.27. The van der Waals surface area contributed by atoms with Crippen LogP contribution in [0, 0.1) is 6.92 Å². The molecule has 0 unspecified atom stereocenters. The van der Waals surface area contributed by atoms with E-state index < -0.39 is 0 Å². The Kier molecular flexibility index (Phi) is 5.15. The van der Waals surface area contributed by atoms with Crippen molar-refractivity contribution in [2.24, 2.45) is 0 Å². The van der Waals surface area contributed by atoms with Crippen LogP contribution in [0.3, 0.4) is 0 Å². The predicted octanol–water partition coefficient (Wildman–Crippen LogP) is 0.979.